The summed E-state index contributed by atoms with van der Waals surface area (Å²) < 4.78 is 37.6. The lowest BCUT2D eigenvalue weighted by molar-refractivity contribution is -0.175. The molecule has 0 N–H and O–H groups in total. The highest BCUT2D eigenvalue weighted by molar-refractivity contribution is 6.69. The molecule has 0 bridgehead atoms. The third-order valence-corrected chi connectivity index (χ3v) is 8.56. The topological polar surface area (TPSA) is 92.8 Å². The Morgan fingerprint density at radius 2 is 1.45 bits per heavy atom. The predicted octanol–water partition coefficient (Wildman–Crippen LogP) is 5.47. The molecule has 44 heavy (non-hydrogen) atoms. The summed E-state index contributed by atoms with van der Waals surface area (Å²) in [7, 11) is -2.28. The van der Waals surface area contributed by atoms with Gasteiger partial charge in [0.25, 0.3) is 0 Å². The van der Waals surface area contributed by atoms with Gasteiger partial charge in [0.1, 0.15) is 18.3 Å². The normalized spacial score (nSPS) is 24.2. The molecule has 10 heteroatoms. The Bertz CT molecular complexity index is 1190. The molecule has 5 atom stereocenters. The highest BCUT2D eigenvalue weighted by atomic mass is 28.4. The first-order valence-corrected chi connectivity index (χ1v) is 18.9. The lowest BCUT2D eigenvalue weighted by Gasteiger charge is -2.43. The molecule has 9 nitrogen and oxygen atoms in total. The minimum Gasteiger partial charge on any atom is -0.460 e. The van der Waals surface area contributed by atoms with Crippen molar-refractivity contribution in [2.45, 2.75) is 116 Å². The van der Waals surface area contributed by atoms with Gasteiger partial charge in [-0.2, -0.15) is 0 Å². The molecule has 2 saturated heterocycles. The van der Waals surface area contributed by atoms with Crippen LogP contribution in [0.15, 0.2) is 60.7 Å². The molecule has 2 aliphatic heterocycles. The fourth-order valence-electron chi connectivity index (χ4n) is 5.97. The van der Waals surface area contributed by atoms with Gasteiger partial charge < -0.3 is 28.1 Å². The monoisotopic (exact) mass is 627 g/mol. The van der Waals surface area contributed by atoms with Gasteiger partial charge in [0, 0.05) is 19.5 Å². The van der Waals surface area contributed by atoms with Crippen molar-refractivity contribution in [2.75, 3.05) is 13.2 Å². The Labute approximate surface area is 263 Å². The average molecular weight is 628 g/mol. The Morgan fingerprint density at radius 3 is 1.93 bits per heavy atom. The Morgan fingerprint density at radius 1 is 0.886 bits per heavy atom. The first-order valence-electron chi connectivity index (χ1n) is 15.5. The number of nitrogens with zero attached hydrogens (tertiary/aromatic N) is 1. The predicted molar refractivity (Wildman–Crippen MR) is 169 cm³/mol. The maximum Gasteiger partial charge on any atom is 0.374 e. The van der Waals surface area contributed by atoms with Crippen LogP contribution in [0.3, 0.4) is 0 Å². The number of esters is 1. The molecule has 2 aliphatic rings. The molecule has 242 valence electrons. The Hall–Kier alpha value is -2.44. The Kier molecular flexibility index (Phi) is 11.2. The van der Waals surface area contributed by atoms with Crippen molar-refractivity contribution in [2.24, 2.45) is 0 Å². The number of carbonyl (C=O) groups is 2. The average Bonchev–Trinajstić information content (AvgIpc) is 3.46. The van der Waals surface area contributed by atoms with E-state index in [4.69, 9.17) is 28.1 Å². The van der Waals surface area contributed by atoms with E-state index in [-0.39, 0.29) is 13.0 Å². The van der Waals surface area contributed by atoms with E-state index >= 15 is 0 Å². The summed E-state index contributed by atoms with van der Waals surface area (Å²) in [5.41, 5.74) is 2.18. The van der Waals surface area contributed by atoms with Gasteiger partial charge in [-0.05, 0) is 65.4 Å². The van der Waals surface area contributed by atoms with Crippen LogP contribution >= 0.6 is 0 Å². The van der Waals surface area contributed by atoms with Crippen LogP contribution in [-0.2, 0) is 50.8 Å². The maximum atomic E-state index is 13.4. The number of Topliss-reactive ketones (excluding diaryl/α,β-unsaturated/α-hetero) is 1. The molecule has 2 fully saturated rings. The first-order chi connectivity index (χ1) is 20.7. The summed E-state index contributed by atoms with van der Waals surface area (Å²) in [4.78, 5) is 28.3. The van der Waals surface area contributed by atoms with E-state index in [0.717, 1.165) is 11.1 Å². The van der Waals surface area contributed by atoms with Crippen molar-refractivity contribution in [1.29, 1.82) is 0 Å². The summed E-state index contributed by atoms with van der Waals surface area (Å²) in [6.07, 6.45) is -2.39. The van der Waals surface area contributed by atoms with Crippen molar-refractivity contribution >= 4 is 20.1 Å². The molecule has 0 amide bonds. The van der Waals surface area contributed by atoms with Gasteiger partial charge >= 0.3 is 5.97 Å². The number of ketones is 1. The van der Waals surface area contributed by atoms with Gasteiger partial charge in [-0.25, -0.2) is 4.79 Å². The van der Waals surface area contributed by atoms with E-state index in [1.165, 1.54) is 0 Å². The van der Waals surface area contributed by atoms with Crippen LogP contribution < -0.4 is 0 Å². The van der Waals surface area contributed by atoms with E-state index in [0.29, 0.717) is 19.7 Å². The molecule has 2 aromatic rings. The SMILES string of the molecule is CCOC(=O)C(=O)C[C@H](O[Si](C)(C)C)[C@H]([C@H]1OC(C)(C)O[C@@H]1[C@H]1COC(C)(C)O1)N(Cc1ccccc1)Cc1ccccc1. The van der Waals surface area contributed by atoms with Gasteiger partial charge in [0.05, 0.1) is 25.4 Å². The lowest BCUT2D eigenvalue weighted by Crippen LogP contribution is -2.59. The number of hydrogen-bond acceptors (Lipinski definition) is 9. The van der Waals surface area contributed by atoms with E-state index in [9.17, 15) is 9.59 Å². The smallest absolute Gasteiger partial charge is 0.374 e. The molecular formula is C34H49NO8Si. The molecule has 4 rings (SSSR count). The molecule has 0 saturated carbocycles. The third-order valence-electron chi connectivity index (χ3n) is 7.55. The van der Waals surface area contributed by atoms with Crippen LogP contribution in [0.5, 0.6) is 0 Å². The summed E-state index contributed by atoms with van der Waals surface area (Å²) >= 11 is 0. The van der Waals surface area contributed by atoms with Crippen molar-refractivity contribution in [3.8, 4) is 0 Å². The van der Waals surface area contributed by atoms with Crippen LogP contribution in [0.2, 0.25) is 19.6 Å². The first kappa shape index (κ1) is 34.4. The van der Waals surface area contributed by atoms with Crippen molar-refractivity contribution in [1.82, 2.24) is 4.90 Å². The Balaban J connectivity index is 1.84. The van der Waals surface area contributed by atoms with Crippen LogP contribution in [0.1, 0.15) is 52.2 Å². The minimum atomic E-state index is -2.28. The largest absolute Gasteiger partial charge is 0.460 e. The number of ether oxygens (including phenoxy) is 5. The maximum absolute atomic E-state index is 13.4. The van der Waals surface area contributed by atoms with Gasteiger partial charge in [-0.15, -0.1) is 0 Å². The van der Waals surface area contributed by atoms with E-state index in [1.54, 1.807) is 6.92 Å². The number of benzene rings is 2. The van der Waals surface area contributed by atoms with Gasteiger partial charge in [-0.3, -0.25) is 9.69 Å². The molecule has 2 aromatic carbocycles. The van der Waals surface area contributed by atoms with Gasteiger partial charge in [0.2, 0.25) is 5.78 Å². The molecular weight excluding hydrogens is 578 g/mol. The highest BCUT2D eigenvalue weighted by Crippen LogP contribution is 2.40. The third kappa shape index (κ3) is 9.53. The lowest BCUT2D eigenvalue weighted by atomic mass is 9.91. The molecule has 0 spiro atoms. The van der Waals surface area contributed by atoms with Crippen molar-refractivity contribution < 1.29 is 37.7 Å². The fourth-order valence-corrected chi connectivity index (χ4v) is 7.10. The second-order valence-corrected chi connectivity index (χ2v) is 17.9. The summed E-state index contributed by atoms with van der Waals surface area (Å²) in [5, 5.41) is 0. The minimum absolute atomic E-state index is 0.117. The van der Waals surface area contributed by atoms with Gasteiger partial charge in [-0.1, -0.05) is 60.7 Å². The van der Waals surface area contributed by atoms with Crippen LogP contribution in [0.4, 0.5) is 0 Å². The van der Waals surface area contributed by atoms with E-state index in [1.807, 2.05) is 64.1 Å². The van der Waals surface area contributed by atoms with E-state index < -0.39 is 62.1 Å². The number of rotatable bonds is 14. The van der Waals surface area contributed by atoms with Crippen LogP contribution in [-0.4, -0.2) is 80.2 Å². The van der Waals surface area contributed by atoms with Crippen molar-refractivity contribution in [3.63, 3.8) is 0 Å². The number of hydrogen-bond donors (Lipinski definition) is 0. The second-order valence-electron chi connectivity index (χ2n) is 13.4. The molecule has 0 aromatic heterocycles. The summed E-state index contributed by atoms with van der Waals surface area (Å²) in [6, 6.07) is 19.8. The highest BCUT2D eigenvalue weighted by Gasteiger charge is 2.55. The van der Waals surface area contributed by atoms with Crippen molar-refractivity contribution in [3.05, 3.63) is 71.8 Å². The standard InChI is InChI=1S/C34H49NO8Si/c1-9-38-32(37)26(36)20-27(43-44(6,7)8)29(31-30(41-34(4,5)42-31)28-23-39-33(2,3)40-28)35(21-24-16-12-10-13-17-24)22-25-18-14-11-15-19-25/h10-19,27-31H,9,20-23H2,1-8H3/t27-,28+,29+,30+,31+/m0/s1. The fraction of sp³-hybridized carbons (Fsp3) is 0.588. The second kappa shape index (κ2) is 14.3. The number of carbonyl (C=O) groups excluding carboxylic acids is 2. The molecule has 0 aliphatic carbocycles. The van der Waals surface area contributed by atoms with Gasteiger partial charge in [0.15, 0.2) is 19.9 Å². The quantitative estimate of drug-likeness (QED) is 0.154. The zero-order valence-electron chi connectivity index (χ0n) is 27.4. The van der Waals surface area contributed by atoms with E-state index in [2.05, 4.69) is 48.8 Å². The molecule has 0 unspecified atom stereocenters. The zero-order valence-corrected chi connectivity index (χ0v) is 28.4. The molecule has 0 radical (unpaired) electrons. The summed E-state index contributed by atoms with van der Waals surface area (Å²) in [6.45, 7) is 17.0. The zero-order chi connectivity index (χ0) is 32.1. The van der Waals surface area contributed by atoms with Crippen LogP contribution in [0.25, 0.3) is 0 Å². The van der Waals surface area contributed by atoms with Crippen LogP contribution in [0, 0.1) is 0 Å². The summed E-state index contributed by atoms with van der Waals surface area (Å²) in [5.74, 6) is -3.20. The molecule has 2 heterocycles.